The molecule has 1 aliphatic carbocycles. The molecule has 1 saturated carbocycles. The van der Waals surface area contributed by atoms with Gasteiger partial charge in [-0.2, -0.15) is 0 Å². The third kappa shape index (κ3) is 1.95. The number of carbonyl (C=O) groups excluding carboxylic acids is 1. The maximum Gasteiger partial charge on any atom is 0.227 e. The average molecular weight is 262 g/mol. The van der Waals surface area contributed by atoms with Crippen LogP contribution in [0.5, 0.6) is 0 Å². The fourth-order valence-electron chi connectivity index (χ4n) is 1.92. The Balaban J connectivity index is 2.05. The van der Waals surface area contributed by atoms with E-state index in [9.17, 15) is 4.79 Å². The Bertz CT molecular complexity index is 614. The molecule has 1 heterocycles. The second-order valence-corrected chi connectivity index (χ2v) is 5.03. The third-order valence-electron chi connectivity index (χ3n) is 3.16. The fraction of sp³-hybridized carbons (Fsp3) is 0.286. The largest absolute Gasteiger partial charge is 0.440 e. The molecule has 1 aromatic carbocycles. The quantitative estimate of drug-likeness (QED) is 0.785. The molecule has 0 N–H and O–H groups in total. The van der Waals surface area contributed by atoms with Crippen molar-refractivity contribution in [2.75, 3.05) is 0 Å². The zero-order valence-corrected chi connectivity index (χ0v) is 10.7. The number of aryl methyl sites for hydroxylation is 1. The van der Waals surface area contributed by atoms with Crippen molar-refractivity contribution in [2.45, 2.75) is 25.7 Å². The van der Waals surface area contributed by atoms with Gasteiger partial charge in [0, 0.05) is 16.5 Å². The molecule has 0 amide bonds. The molecular weight excluding hydrogens is 250 g/mol. The Kier molecular flexibility index (Phi) is 2.71. The zero-order chi connectivity index (χ0) is 12.7. The predicted octanol–water partition coefficient (Wildman–Crippen LogP) is 3.99. The van der Waals surface area contributed by atoms with Crippen LogP contribution in [0.3, 0.4) is 0 Å². The van der Waals surface area contributed by atoms with E-state index in [1.807, 2.05) is 25.1 Å². The van der Waals surface area contributed by atoms with Crippen molar-refractivity contribution in [3.8, 4) is 11.5 Å². The smallest absolute Gasteiger partial charge is 0.227 e. The van der Waals surface area contributed by atoms with E-state index < -0.39 is 0 Å². The molecule has 1 fully saturated rings. The summed E-state index contributed by atoms with van der Waals surface area (Å²) in [5, 5.41) is 0.673. The number of benzene rings is 1. The summed E-state index contributed by atoms with van der Waals surface area (Å²) in [7, 11) is 0. The SMILES string of the molecule is Cc1ccc(-c2nc(C=O)c(C3CC3)o2)cc1Cl. The van der Waals surface area contributed by atoms with E-state index in [0.717, 1.165) is 36.0 Å². The lowest BCUT2D eigenvalue weighted by atomic mass is 10.1. The van der Waals surface area contributed by atoms with Crippen LogP contribution >= 0.6 is 11.6 Å². The van der Waals surface area contributed by atoms with Gasteiger partial charge in [0.05, 0.1) is 0 Å². The van der Waals surface area contributed by atoms with Crippen molar-refractivity contribution < 1.29 is 9.21 Å². The minimum Gasteiger partial charge on any atom is -0.440 e. The van der Waals surface area contributed by atoms with Gasteiger partial charge in [-0.1, -0.05) is 17.7 Å². The maximum absolute atomic E-state index is 11.0. The summed E-state index contributed by atoms with van der Waals surface area (Å²) in [5.74, 6) is 1.56. The van der Waals surface area contributed by atoms with E-state index in [2.05, 4.69) is 4.98 Å². The number of oxazole rings is 1. The van der Waals surface area contributed by atoms with E-state index in [-0.39, 0.29) is 0 Å². The predicted molar refractivity (Wildman–Crippen MR) is 69.0 cm³/mol. The zero-order valence-electron chi connectivity index (χ0n) is 9.94. The first-order valence-electron chi connectivity index (χ1n) is 5.91. The highest BCUT2D eigenvalue weighted by Gasteiger charge is 2.31. The summed E-state index contributed by atoms with van der Waals surface area (Å²) in [6, 6.07) is 5.63. The second-order valence-electron chi connectivity index (χ2n) is 4.62. The number of hydrogen-bond donors (Lipinski definition) is 0. The molecule has 0 saturated heterocycles. The van der Waals surface area contributed by atoms with Crippen molar-refractivity contribution in [3.05, 3.63) is 40.2 Å². The van der Waals surface area contributed by atoms with Gasteiger partial charge >= 0.3 is 0 Å². The monoisotopic (exact) mass is 261 g/mol. The Morgan fingerprint density at radius 2 is 2.22 bits per heavy atom. The lowest BCUT2D eigenvalue weighted by molar-refractivity contribution is 0.111. The number of nitrogens with zero attached hydrogens (tertiary/aromatic N) is 1. The molecule has 1 aromatic heterocycles. The Morgan fingerprint density at radius 1 is 1.44 bits per heavy atom. The lowest BCUT2D eigenvalue weighted by Gasteiger charge is -1.99. The lowest BCUT2D eigenvalue weighted by Crippen LogP contribution is -1.85. The highest BCUT2D eigenvalue weighted by atomic mass is 35.5. The van der Waals surface area contributed by atoms with Crippen LogP contribution in [0.25, 0.3) is 11.5 Å². The number of hydrogen-bond acceptors (Lipinski definition) is 3. The summed E-state index contributed by atoms with van der Waals surface area (Å²) in [6.07, 6.45) is 2.91. The molecule has 0 spiro atoms. The summed E-state index contributed by atoms with van der Waals surface area (Å²) in [5.41, 5.74) is 2.23. The van der Waals surface area contributed by atoms with Gasteiger partial charge in [0.2, 0.25) is 5.89 Å². The Morgan fingerprint density at radius 3 is 2.83 bits per heavy atom. The van der Waals surface area contributed by atoms with Crippen molar-refractivity contribution in [1.82, 2.24) is 4.98 Å². The minimum atomic E-state index is 0.368. The molecule has 3 rings (SSSR count). The second kappa shape index (κ2) is 4.25. The molecule has 0 unspecified atom stereocenters. The van der Waals surface area contributed by atoms with Crippen LogP contribution in [0.15, 0.2) is 22.6 Å². The first kappa shape index (κ1) is 11.5. The normalized spacial score (nSPS) is 14.8. The van der Waals surface area contributed by atoms with Crippen molar-refractivity contribution >= 4 is 17.9 Å². The Labute approximate surface area is 110 Å². The topological polar surface area (TPSA) is 43.1 Å². The highest BCUT2D eigenvalue weighted by molar-refractivity contribution is 6.31. The van der Waals surface area contributed by atoms with Gasteiger partial charge < -0.3 is 4.42 Å². The number of carbonyl (C=O) groups is 1. The summed E-state index contributed by atoms with van der Waals surface area (Å²) >= 11 is 6.08. The number of rotatable bonds is 3. The summed E-state index contributed by atoms with van der Waals surface area (Å²) < 4.78 is 5.71. The molecule has 4 heteroatoms. The van der Waals surface area contributed by atoms with Crippen molar-refractivity contribution in [3.63, 3.8) is 0 Å². The van der Waals surface area contributed by atoms with Gasteiger partial charge in [0.25, 0.3) is 0 Å². The van der Waals surface area contributed by atoms with Crippen molar-refractivity contribution in [2.24, 2.45) is 0 Å². The van der Waals surface area contributed by atoms with E-state index in [4.69, 9.17) is 16.0 Å². The van der Waals surface area contributed by atoms with Crippen LogP contribution in [-0.4, -0.2) is 11.3 Å². The molecule has 0 radical (unpaired) electrons. The van der Waals surface area contributed by atoms with Crippen LogP contribution in [0.1, 0.15) is 40.6 Å². The molecule has 0 atom stereocenters. The summed E-state index contributed by atoms with van der Waals surface area (Å²) in [6.45, 7) is 1.94. The van der Waals surface area contributed by atoms with Crippen molar-refractivity contribution in [1.29, 1.82) is 0 Å². The van der Waals surface area contributed by atoms with Gasteiger partial charge in [-0.15, -0.1) is 0 Å². The van der Waals surface area contributed by atoms with Gasteiger partial charge in [0.1, 0.15) is 11.5 Å². The summed E-state index contributed by atoms with van der Waals surface area (Å²) in [4.78, 5) is 15.2. The van der Waals surface area contributed by atoms with Gasteiger partial charge in [-0.3, -0.25) is 4.79 Å². The van der Waals surface area contributed by atoms with Crippen LogP contribution < -0.4 is 0 Å². The third-order valence-corrected chi connectivity index (χ3v) is 3.57. The molecule has 2 aromatic rings. The van der Waals surface area contributed by atoms with Gasteiger partial charge in [-0.25, -0.2) is 4.98 Å². The maximum atomic E-state index is 11.0. The van der Waals surface area contributed by atoms with Gasteiger partial charge in [-0.05, 0) is 37.5 Å². The molecule has 0 aliphatic heterocycles. The molecule has 0 bridgehead atoms. The number of halogens is 1. The van der Waals surface area contributed by atoms with E-state index >= 15 is 0 Å². The van der Waals surface area contributed by atoms with E-state index in [1.165, 1.54) is 0 Å². The highest BCUT2D eigenvalue weighted by Crippen LogP contribution is 2.42. The van der Waals surface area contributed by atoms with Crippen LogP contribution in [0, 0.1) is 6.92 Å². The molecule has 92 valence electrons. The first-order valence-corrected chi connectivity index (χ1v) is 6.29. The average Bonchev–Trinajstić information content (AvgIpc) is 3.12. The number of aromatic nitrogens is 1. The van der Waals surface area contributed by atoms with E-state index in [0.29, 0.717) is 22.5 Å². The molecule has 18 heavy (non-hydrogen) atoms. The minimum absolute atomic E-state index is 0.368. The van der Waals surface area contributed by atoms with E-state index in [1.54, 1.807) is 0 Å². The van der Waals surface area contributed by atoms with Crippen LogP contribution in [-0.2, 0) is 0 Å². The first-order chi connectivity index (χ1) is 8.69. The Hall–Kier alpha value is -1.61. The molecule has 1 aliphatic rings. The molecular formula is C14H12ClNO2. The van der Waals surface area contributed by atoms with Crippen LogP contribution in [0.2, 0.25) is 5.02 Å². The molecule has 3 nitrogen and oxygen atoms in total. The van der Waals surface area contributed by atoms with Gasteiger partial charge in [0.15, 0.2) is 6.29 Å². The number of aldehydes is 1. The standard InChI is InChI=1S/C14H12ClNO2/c1-8-2-3-10(6-11(8)15)14-16-12(7-17)13(18-14)9-4-5-9/h2-3,6-7,9H,4-5H2,1H3. The fourth-order valence-corrected chi connectivity index (χ4v) is 2.10. The van der Waals surface area contributed by atoms with Crippen LogP contribution in [0.4, 0.5) is 0 Å².